The van der Waals surface area contributed by atoms with Crippen LogP contribution in [-0.4, -0.2) is 29.6 Å². The molecular formula is C16H17ClF3N5O4. The van der Waals surface area contributed by atoms with Gasteiger partial charge in [0, 0.05) is 12.5 Å². The van der Waals surface area contributed by atoms with E-state index in [1.807, 2.05) is 0 Å². The topological polar surface area (TPSA) is 114 Å². The zero-order chi connectivity index (χ0) is 22.0. The molecule has 0 unspecified atom stereocenters. The van der Waals surface area contributed by atoms with Crippen LogP contribution >= 0.6 is 11.6 Å². The molecular weight excluding hydrogens is 419 g/mol. The molecule has 0 saturated carbocycles. The first kappa shape index (κ1) is 22.5. The fraction of sp³-hybridized carbons (Fsp3) is 0.500. The Morgan fingerprint density at radius 2 is 1.76 bits per heavy atom. The first-order valence-corrected chi connectivity index (χ1v) is 8.52. The summed E-state index contributed by atoms with van der Waals surface area (Å²) in [6, 6.07) is 1.90. The fourth-order valence-corrected chi connectivity index (χ4v) is 2.56. The monoisotopic (exact) mass is 435 g/mol. The van der Waals surface area contributed by atoms with Crippen molar-refractivity contribution in [1.29, 1.82) is 0 Å². The Kier molecular flexibility index (Phi) is 6.16. The van der Waals surface area contributed by atoms with E-state index in [1.54, 1.807) is 20.8 Å². The van der Waals surface area contributed by atoms with Crippen LogP contribution in [-0.2, 0) is 16.0 Å². The highest BCUT2D eigenvalue weighted by atomic mass is 35.5. The van der Waals surface area contributed by atoms with Crippen molar-refractivity contribution in [1.82, 2.24) is 5.32 Å². The van der Waals surface area contributed by atoms with Gasteiger partial charge < -0.3 is 14.8 Å². The highest BCUT2D eigenvalue weighted by Gasteiger charge is 2.35. The molecule has 1 aliphatic heterocycles. The third kappa shape index (κ3) is 6.38. The lowest BCUT2D eigenvalue weighted by atomic mass is 10.1. The van der Waals surface area contributed by atoms with E-state index in [0.29, 0.717) is 0 Å². The molecule has 1 aliphatic rings. The summed E-state index contributed by atoms with van der Waals surface area (Å²) in [6.07, 6.45) is -5.69. The van der Waals surface area contributed by atoms with Crippen molar-refractivity contribution in [2.45, 2.75) is 51.9 Å². The minimum atomic E-state index is -5.03. The summed E-state index contributed by atoms with van der Waals surface area (Å²) in [7, 11) is 0. The van der Waals surface area contributed by atoms with Gasteiger partial charge in [0.25, 0.3) is 11.7 Å². The van der Waals surface area contributed by atoms with E-state index in [0.717, 1.165) is 12.1 Å². The third-order valence-electron chi connectivity index (χ3n) is 3.28. The van der Waals surface area contributed by atoms with Crippen molar-refractivity contribution < 1.29 is 32.2 Å². The van der Waals surface area contributed by atoms with E-state index in [4.69, 9.17) is 16.3 Å². The molecule has 0 atom stereocenters. The maximum Gasteiger partial charge on any atom is 0.573 e. The van der Waals surface area contributed by atoms with Gasteiger partial charge >= 0.3 is 12.3 Å². The van der Waals surface area contributed by atoms with Gasteiger partial charge in [-0.2, -0.15) is 0 Å². The van der Waals surface area contributed by atoms with Crippen molar-refractivity contribution >= 4 is 23.5 Å². The largest absolute Gasteiger partial charge is 0.573 e. The van der Waals surface area contributed by atoms with E-state index in [1.165, 1.54) is 6.92 Å². The first-order valence-electron chi connectivity index (χ1n) is 8.15. The zero-order valence-electron chi connectivity index (χ0n) is 15.8. The van der Waals surface area contributed by atoms with Crippen molar-refractivity contribution in [3.63, 3.8) is 0 Å². The number of nitrogens with one attached hydrogen (secondary N) is 1. The summed E-state index contributed by atoms with van der Waals surface area (Å²) in [4.78, 5) is 24.6. The minimum absolute atomic E-state index is 0.224. The SMILES string of the molecule is CC1(NC(=O)c2ccc(OC(F)(F)F)c(CC(=O)OC(C)(C)C)c2Cl)N=NN=N1. The number of hydrogen-bond donors (Lipinski definition) is 1. The smallest absolute Gasteiger partial charge is 0.460 e. The third-order valence-corrected chi connectivity index (χ3v) is 3.71. The number of hydrogen-bond acceptors (Lipinski definition) is 8. The average Bonchev–Trinajstić information content (AvgIpc) is 2.93. The van der Waals surface area contributed by atoms with Crippen LogP contribution in [0.4, 0.5) is 13.2 Å². The van der Waals surface area contributed by atoms with Crippen LogP contribution in [0.15, 0.2) is 32.8 Å². The maximum absolute atomic E-state index is 12.7. The predicted molar refractivity (Wildman–Crippen MR) is 93.3 cm³/mol. The number of benzene rings is 1. The highest BCUT2D eigenvalue weighted by Crippen LogP contribution is 2.35. The average molecular weight is 436 g/mol. The number of ether oxygens (including phenoxy) is 2. The number of nitrogens with zero attached hydrogens (tertiary/aromatic N) is 4. The molecule has 1 amide bonds. The molecule has 1 heterocycles. The van der Waals surface area contributed by atoms with Gasteiger partial charge in [0.2, 0.25) is 0 Å². The fourth-order valence-electron chi connectivity index (χ4n) is 2.25. The van der Waals surface area contributed by atoms with Crippen LogP contribution < -0.4 is 10.1 Å². The standard InChI is InChI=1S/C16H17ClF3N5O4/c1-14(2,3)29-11(26)7-9-10(28-16(18,19)20)6-5-8(12(9)17)13(27)21-15(4)22-24-25-23-15/h5-6H,7H2,1-4H3,(H,21,27). The molecule has 0 bridgehead atoms. The van der Waals surface area contributed by atoms with Crippen molar-refractivity contribution in [2.75, 3.05) is 0 Å². The van der Waals surface area contributed by atoms with Gasteiger partial charge in [-0.05, 0) is 43.4 Å². The Labute approximate surface area is 168 Å². The van der Waals surface area contributed by atoms with Gasteiger partial charge in [-0.25, -0.2) is 0 Å². The van der Waals surface area contributed by atoms with Crippen molar-refractivity contribution in [2.24, 2.45) is 20.7 Å². The molecule has 29 heavy (non-hydrogen) atoms. The van der Waals surface area contributed by atoms with Crippen LogP contribution in [0.2, 0.25) is 5.02 Å². The normalized spacial score (nSPS) is 15.3. The Hall–Kier alpha value is -2.76. The molecule has 9 nitrogen and oxygen atoms in total. The van der Waals surface area contributed by atoms with Crippen LogP contribution in [0.3, 0.4) is 0 Å². The zero-order valence-corrected chi connectivity index (χ0v) is 16.6. The number of carbonyl (C=O) groups is 2. The Morgan fingerprint density at radius 1 is 1.17 bits per heavy atom. The highest BCUT2D eigenvalue weighted by molar-refractivity contribution is 6.35. The van der Waals surface area contributed by atoms with E-state index in [2.05, 4.69) is 30.7 Å². The molecule has 0 radical (unpaired) electrons. The van der Waals surface area contributed by atoms with E-state index >= 15 is 0 Å². The van der Waals surface area contributed by atoms with Gasteiger partial charge in [0.1, 0.15) is 11.4 Å². The number of halogens is 4. The van der Waals surface area contributed by atoms with Crippen molar-refractivity contribution in [3.8, 4) is 5.75 Å². The minimum Gasteiger partial charge on any atom is -0.460 e. The van der Waals surface area contributed by atoms with Crippen LogP contribution in [0, 0.1) is 0 Å². The molecule has 13 heteroatoms. The van der Waals surface area contributed by atoms with E-state index in [9.17, 15) is 22.8 Å². The molecule has 0 aromatic heterocycles. The summed E-state index contributed by atoms with van der Waals surface area (Å²) in [5.41, 5.74) is -1.46. The Bertz CT molecular complexity index is 869. The molecule has 1 aromatic carbocycles. The molecule has 1 aromatic rings. The molecule has 1 N–H and O–H groups in total. The van der Waals surface area contributed by atoms with E-state index in [-0.39, 0.29) is 11.1 Å². The van der Waals surface area contributed by atoms with Gasteiger partial charge in [-0.3, -0.25) is 9.59 Å². The van der Waals surface area contributed by atoms with Crippen molar-refractivity contribution in [3.05, 3.63) is 28.3 Å². The van der Waals surface area contributed by atoms with Gasteiger partial charge in [-0.15, -0.1) is 23.4 Å². The second kappa shape index (κ2) is 7.93. The molecule has 2 rings (SSSR count). The van der Waals surface area contributed by atoms with Crippen LogP contribution in [0.25, 0.3) is 0 Å². The Morgan fingerprint density at radius 3 is 2.28 bits per heavy atom. The molecule has 0 fully saturated rings. The number of rotatable bonds is 5. The summed E-state index contributed by atoms with van der Waals surface area (Å²) >= 11 is 6.16. The lowest BCUT2D eigenvalue weighted by Gasteiger charge is -2.21. The number of esters is 1. The number of amides is 1. The second-order valence-corrected chi connectivity index (χ2v) is 7.45. The number of alkyl halides is 3. The summed E-state index contributed by atoms with van der Waals surface area (Å²) in [6.45, 7) is 6.17. The lowest BCUT2D eigenvalue weighted by molar-refractivity contribution is -0.275. The quantitative estimate of drug-likeness (QED) is 0.692. The summed E-state index contributed by atoms with van der Waals surface area (Å²) < 4.78 is 47.3. The van der Waals surface area contributed by atoms with Gasteiger partial charge in [0.15, 0.2) is 0 Å². The molecule has 0 spiro atoms. The number of carbonyl (C=O) groups excluding carboxylic acids is 2. The maximum atomic E-state index is 12.7. The van der Waals surface area contributed by atoms with Crippen LogP contribution in [0.5, 0.6) is 5.75 Å². The van der Waals surface area contributed by atoms with E-state index < -0.39 is 46.8 Å². The lowest BCUT2D eigenvalue weighted by Crippen LogP contribution is -2.41. The summed E-state index contributed by atoms with van der Waals surface area (Å²) in [5.74, 6) is -3.88. The molecule has 0 saturated heterocycles. The second-order valence-electron chi connectivity index (χ2n) is 7.07. The summed E-state index contributed by atoms with van der Waals surface area (Å²) in [5, 5.41) is 15.7. The van der Waals surface area contributed by atoms with Gasteiger partial charge in [0.05, 0.1) is 17.0 Å². The Balaban J connectivity index is 2.39. The predicted octanol–water partition coefficient (Wildman–Crippen LogP) is 4.36. The van der Waals surface area contributed by atoms with Gasteiger partial charge in [-0.1, -0.05) is 11.6 Å². The first-order chi connectivity index (χ1) is 13.2. The molecule has 158 valence electrons. The van der Waals surface area contributed by atoms with Crippen LogP contribution in [0.1, 0.15) is 43.6 Å². The molecule has 0 aliphatic carbocycles.